The molecule has 0 unspecified atom stereocenters. The molecule has 0 N–H and O–H groups in total. The summed E-state index contributed by atoms with van der Waals surface area (Å²) in [7, 11) is 0. The molecule has 2 rings (SSSR count). The highest BCUT2D eigenvalue weighted by Gasteiger charge is 2.09. The Kier molecular flexibility index (Phi) is 3.66. The molecule has 0 nitrogen and oxygen atoms in total. The van der Waals surface area contributed by atoms with Crippen LogP contribution in [-0.4, -0.2) is 0 Å². The molecule has 2 aromatic rings. The van der Waals surface area contributed by atoms with E-state index in [1.54, 1.807) is 30.3 Å². The molecule has 0 bridgehead atoms. The van der Waals surface area contributed by atoms with Gasteiger partial charge in [0.25, 0.3) is 0 Å². The Morgan fingerprint density at radius 1 is 0.812 bits per heavy atom. The van der Waals surface area contributed by atoms with Crippen molar-refractivity contribution in [2.45, 2.75) is 0 Å². The van der Waals surface area contributed by atoms with E-state index in [1.165, 1.54) is 0 Å². The largest absolute Gasteiger partial charge is 0.0836 e. The maximum atomic E-state index is 6.09. The van der Waals surface area contributed by atoms with Gasteiger partial charge in [0.2, 0.25) is 0 Å². The number of benzene rings is 2. The molecule has 4 heteroatoms. The third-order valence-corrected chi connectivity index (χ3v) is 3.09. The molecule has 0 aliphatic carbocycles. The van der Waals surface area contributed by atoms with Gasteiger partial charge in [-0.05, 0) is 29.8 Å². The lowest BCUT2D eigenvalue weighted by Crippen LogP contribution is -1.82. The summed E-state index contributed by atoms with van der Waals surface area (Å²) >= 11 is 23.9. The van der Waals surface area contributed by atoms with E-state index in [-0.39, 0.29) is 0 Å². The van der Waals surface area contributed by atoms with Crippen molar-refractivity contribution in [3.05, 3.63) is 56.5 Å². The maximum Gasteiger partial charge on any atom is 0.0506 e. The minimum absolute atomic E-state index is 0.429. The van der Waals surface area contributed by atoms with Crippen molar-refractivity contribution < 1.29 is 0 Å². The number of hydrogen-bond donors (Lipinski definition) is 0. The minimum Gasteiger partial charge on any atom is -0.0836 e. The minimum atomic E-state index is 0.429. The van der Waals surface area contributed by atoms with E-state index < -0.39 is 0 Å². The zero-order chi connectivity index (χ0) is 11.7. The van der Waals surface area contributed by atoms with E-state index in [0.29, 0.717) is 20.1 Å². The van der Waals surface area contributed by atoms with Crippen molar-refractivity contribution in [2.75, 3.05) is 0 Å². The van der Waals surface area contributed by atoms with Crippen LogP contribution in [0, 0.1) is 6.07 Å². The van der Waals surface area contributed by atoms with Crippen LogP contribution in [0.5, 0.6) is 0 Å². The van der Waals surface area contributed by atoms with Gasteiger partial charge >= 0.3 is 0 Å². The van der Waals surface area contributed by atoms with Crippen LogP contribution < -0.4 is 0 Å². The van der Waals surface area contributed by atoms with E-state index in [9.17, 15) is 0 Å². The van der Waals surface area contributed by atoms with Gasteiger partial charge in [0.05, 0.1) is 10.0 Å². The van der Waals surface area contributed by atoms with E-state index in [0.717, 1.165) is 11.1 Å². The van der Waals surface area contributed by atoms with E-state index in [1.807, 2.05) is 0 Å². The third kappa shape index (κ3) is 2.46. The second-order valence-corrected chi connectivity index (χ2v) is 4.79. The van der Waals surface area contributed by atoms with Gasteiger partial charge in [-0.2, -0.15) is 0 Å². The standard InChI is InChI=1S/C12H5Cl4/c13-8-4-7(5-9(14)6-8)12-10(15)2-1-3-11(12)16/h1-5H. The fourth-order valence-corrected chi connectivity index (χ4v) is 2.52. The Bertz CT molecular complexity index is 494. The lowest BCUT2D eigenvalue weighted by Gasteiger charge is -2.07. The lowest BCUT2D eigenvalue weighted by molar-refractivity contribution is 1.61. The van der Waals surface area contributed by atoms with Gasteiger partial charge in [-0.15, -0.1) is 0 Å². The van der Waals surface area contributed by atoms with Gasteiger partial charge in [-0.25, -0.2) is 0 Å². The molecular weight excluding hydrogens is 286 g/mol. The van der Waals surface area contributed by atoms with Gasteiger partial charge < -0.3 is 0 Å². The van der Waals surface area contributed by atoms with E-state index >= 15 is 0 Å². The van der Waals surface area contributed by atoms with Crippen LogP contribution in [0.25, 0.3) is 11.1 Å². The fraction of sp³-hybridized carbons (Fsp3) is 0. The van der Waals surface area contributed by atoms with Gasteiger partial charge in [0, 0.05) is 21.7 Å². The summed E-state index contributed by atoms with van der Waals surface area (Å²) in [5, 5.41) is 1.98. The molecule has 0 saturated heterocycles. The molecule has 0 spiro atoms. The first-order valence-corrected chi connectivity index (χ1v) is 5.92. The van der Waals surface area contributed by atoms with E-state index in [4.69, 9.17) is 46.4 Å². The van der Waals surface area contributed by atoms with Crippen molar-refractivity contribution in [3.63, 3.8) is 0 Å². The predicted molar refractivity (Wildman–Crippen MR) is 70.8 cm³/mol. The first kappa shape index (κ1) is 12.1. The summed E-state index contributed by atoms with van der Waals surface area (Å²) in [5.41, 5.74) is 1.51. The normalized spacial score (nSPS) is 10.5. The summed E-state index contributed by atoms with van der Waals surface area (Å²) in [4.78, 5) is 0. The highest BCUT2D eigenvalue weighted by atomic mass is 35.5. The quantitative estimate of drug-likeness (QED) is 0.626. The number of rotatable bonds is 1. The zero-order valence-electron chi connectivity index (χ0n) is 7.90. The smallest absolute Gasteiger partial charge is 0.0506 e. The van der Waals surface area contributed by atoms with Crippen LogP contribution >= 0.6 is 46.4 Å². The summed E-state index contributed by atoms with van der Waals surface area (Å²) in [6.45, 7) is 0. The van der Waals surface area contributed by atoms with Crippen molar-refractivity contribution in [3.8, 4) is 11.1 Å². The summed E-state index contributed by atoms with van der Waals surface area (Å²) in [6, 6.07) is 11.5. The van der Waals surface area contributed by atoms with Crippen molar-refractivity contribution in [1.29, 1.82) is 0 Å². The summed E-state index contributed by atoms with van der Waals surface area (Å²) < 4.78 is 0. The molecule has 16 heavy (non-hydrogen) atoms. The zero-order valence-corrected chi connectivity index (χ0v) is 10.9. The second-order valence-electron chi connectivity index (χ2n) is 3.16. The predicted octanol–water partition coefficient (Wildman–Crippen LogP) is 5.77. The number of halogens is 4. The van der Waals surface area contributed by atoms with Crippen molar-refractivity contribution in [2.24, 2.45) is 0 Å². The van der Waals surface area contributed by atoms with Gasteiger partial charge in [-0.1, -0.05) is 52.5 Å². The Morgan fingerprint density at radius 3 is 1.81 bits per heavy atom. The van der Waals surface area contributed by atoms with Crippen LogP contribution in [-0.2, 0) is 0 Å². The topological polar surface area (TPSA) is 0 Å². The van der Waals surface area contributed by atoms with Crippen molar-refractivity contribution in [1.82, 2.24) is 0 Å². The average Bonchev–Trinajstić information content (AvgIpc) is 2.15. The first-order valence-electron chi connectivity index (χ1n) is 4.40. The number of hydrogen-bond acceptors (Lipinski definition) is 0. The molecular formula is C12H5Cl4. The van der Waals surface area contributed by atoms with Crippen LogP contribution in [0.3, 0.4) is 0 Å². The molecule has 2 aromatic carbocycles. The highest BCUT2D eigenvalue weighted by molar-refractivity contribution is 6.40. The van der Waals surface area contributed by atoms with Crippen LogP contribution in [0.4, 0.5) is 0 Å². The fourth-order valence-electron chi connectivity index (χ4n) is 1.42. The lowest BCUT2D eigenvalue weighted by atomic mass is 10.1. The highest BCUT2D eigenvalue weighted by Crippen LogP contribution is 2.36. The van der Waals surface area contributed by atoms with Gasteiger partial charge in [0.1, 0.15) is 0 Å². The second kappa shape index (κ2) is 4.85. The maximum absolute atomic E-state index is 6.09. The molecule has 0 heterocycles. The third-order valence-electron chi connectivity index (χ3n) is 2.05. The molecule has 81 valence electrons. The first-order chi connectivity index (χ1) is 7.58. The SMILES string of the molecule is Clc1[c]c(Cl)cc(-c2c(Cl)cccc2Cl)c1. The van der Waals surface area contributed by atoms with Gasteiger partial charge in [0.15, 0.2) is 0 Å². The van der Waals surface area contributed by atoms with Crippen LogP contribution in [0.15, 0.2) is 30.3 Å². The Morgan fingerprint density at radius 2 is 1.31 bits per heavy atom. The van der Waals surface area contributed by atoms with Crippen molar-refractivity contribution >= 4 is 46.4 Å². The van der Waals surface area contributed by atoms with E-state index in [2.05, 4.69) is 6.07 Å². The van der Waals surface area contributed by atoms with Crippen LogP contribution in [0.1, 0.15) is 0 Å². The molecule has 0 aromatic heterocycles. The molecule has 1 radical (unpaired) electrons. The molecule has 0 saturated carbocycles. The molecule has 0 aliphatic rings. The Hall–Kier alpha value is -0.400. The molecule has 0 aliphatic heterocycles. The summed E-state index contributed by atoms with van der Waals surface area (Å²) in [5.74, 6) is 0. The summed E-state index contributed by atoms with van der Waals surface area (Å²) in [6.07, 6.45) is 0. The molecule has 0 atom stereocenters. The van der Waals surface area contributed by atoms with Crippen LogP contribution in [0.2, 0.25) is 20.1 Å². The average molecular weight is 291 g/mol. The monoisotopic (exact) mass is 289 g/mol. The molecule has 0 amide bonds. The molecule has 0 fully saturated rings. The Balaban J connectivity index is 2.67. The van der Waals surface area contributed by atoms with Gasteiger partial charge in [-0.3, -0.25) is 0 Å². The Labute approximate surface area is 114 Å².